The number of carbonyl (C=O) groups is 1. The molecule has 0 aliphatic rings. The lowest BCUT2D eigenvalue weighted by Crippen LogP contribution is -2.38. The largest absolute Gasteiger partial charge is 0.348 e. The Morgan fingerprint density at radius 3 is 2.76 bits per heavy atom. The first-order chi connectivity index (χ1) is 7.97. The molecule has 0 fully saturated rings. The maximum Gasteiger partial charge on any atom is 0.285 e. The van der Waals surface area contributed by atoms with Gasteiger partial charge in [-0.05, 0) is 19.9 Å². The van der Waals surface area contributed by atoms with Crippen molar-refractivity contribution in [3.63, 3.8) is 0 Å². The number of nitrogens with zero attached hydrogens (tertiary/aromatic N) is 1. The van der Waals surface area contributed by atoms with E-state index in [1.165, 1.54) is 6.07 Å². The highest BCUT2D eigenvalue weighted by Gasteiger charge is 2.22. The summed E-state index contributed by atoms with van der Waals surface area (Å²) in [6, 6.07) is 4.43. The molecule has 0 aromatic heterocycles. The number of nitrogens with one attached hydrogen (secondary N) is 1. The Hall–Kier alpha value is -1.95. The van der Waals surface area contributed by atoms with Crippen LogP contribution in [0.4, 0.5) is 5.69 Å². The number of para-hydroxylation sites is 1. The summed E-state index contributed by atoms with van der Waals surface area (Å²) in [5.74, 6) is -0.474. The molecule has 0 radical (unpaired) electrons. The second-order valence-corrected chi connectivity index (χ2v) is 3.84. The summed E-state index contributed by atoms with van der Waals surface area (Å²) >= 11 is 0. The number of nitro groups is 1. The van der Waals surface area contributed by atoms with E-state index < -0.39 is 10.8 Å². The Labute approximate surface area is 99.0 Å². The van der Waals surface area contributed by atoms with Gasteiger partial charge in [-0.3, -0.25) is 14.9 Å². The zero-order chi connectivity index (χ0) is 13.0. The minimum absolute atomic E-state index is 0.0651. The third-order valence-electron chi connectivity index (χ3n) is 2.40. The number of hydrogen-bond acceptors (Lipinski definition) is 4. The predicted octanol–water partition coefficient (Wildman–Crippen LogP) is 0.980. The highest BCUT2D eigenvalue weighted by molar-refractivity contribution is 5.98. The van der Waals surface area contributed by atoms with Crippen molar-refractivity contribution >= 4 is 11.6 Å². The monoisotopic (exact) mass is 237 g/mol. The fraction of sp³-hybridized carbons (Fsp3) is 0.364. The van der Waals surface area contributed by atoms with E-state index in [4.69, 9.17) is 5.73 Å². The highest BCUT2D eigenvalue weighted by Crippen LogP contribution is 2.22. The first kappa shape index (κ1) is 13.1. The average molecular weight is 237 g/mol. The Bertz CT molecular complexity index is 446. The number of carbonyl (C=O) groups excluding carboxylic acids is 1. The third kappa shape index (κ3) is 3.01. The number of rotatable bonds is 4. The van der Waals surface area contributed by atoms with Crippen LogP contribution in [-0.4, -0.2) is 23.4 Å². The van der Waals surface area contributed by atoms with Gasteiger partial charge in [-0.1, -0.05) is 12.1 Å². The Morgan fingerprint density at radius 1 is 1.59 bits per heavy atom. The lowest BCUT2D eigenvalue weighted by atomic mass is 10.1. The van der Waals surface area contributed by atoms with Gasteiger partial charge < -0.3 is 11.1 Å². The van der Waals surface area contributed by atoms with Crippen molar-refractivity contribution in [2.75, 3.05) is 6.54 Å². The van der Waals surface area contributed by atoms with E-state index >= 15 is 0 Å². The van der Waals surface area contributed by atoms with E-state index in [2.05, 4.69) is 5.32 Å². The lowest BCUT2D eigenvalue weighted by molar-refractivity contribution is -0.385. The van der Waals surface area contributed by atoms with Gasteiger partial charge in [0, 0.05) is 18.2 Å². The van der Waals surface area contributed by atoms with Gasteiger partial charge in [0.15, 0.2) is 0 Å². The number of amides is 1. The molecule has 1 amide bonds. The van der Waals surface area contributed by atoms with Crippen molar-refractivity contribution < 1.29 is 9.72 Å². The first-order valence-corrected chi connectivity index (χ1v) is 5.22. The van der Waals surface area contributed by atoms with Crippen LogP contribution in [0.3, 0.4) is 0 Å². The molecule has 0 spiro atoms. The molecule has 1 aromatic rings. The molecule has 0 bridgehead atoms. The van der Waals surface area contributed by atoms with Crippen LogP contribution in [0.5, 0.6) is 0 Å². The van der Waals surface area contributed by atoms with E-state index in [-0.39, 0.29) is 23.8 Å². The topological polar surface area (TPSA) is 98.3 Å². The van der Waals surface area contributed by atoms with Crippen LogP contribution in [0.15, 0.2) is 18.2 Å². The Kier molecular flexibility index (Phi) is 4.17. The van der Waals surface area contributed by atoms with Crippen molar-refractivity contribution in [3.8, 4) is 0 Å². The summed E-state index contributed by atoms with van der Waals surface area (Å²) < 4.78 is 0. The van der Waals surface area contributed by atoms with Crippen LogP contribution >= 0.6 is 0 Å². The summed E-state index contributed by atoms with van der Waals surface area (Å²) in [5.41, 5.74) is 5.75. The van der Waals surface area contributed by atoms with Crippen molar-refractivity contribution in [1.29, 1.82) is 0 Å². The van der Waals surface area contributed by atoms with Gasteiger partial charge in [0.25, 0.3) is 11.6 Å². The molecule has 92 valence electrons. The first-order valence-electron chi connectivity index (χ1n) is 5.22. The van der Waals surface area contributed by atoms with E-state index in [1.807, 2.05) is 0 Å². The van der Waals surface area contributed by atoms with Crippen LogP contribution in [0.1, 0.15) is 22.8 Å². The number of benzene rings is 1. The van der Waals surface area contributed by atoms with E-state index in [0.29, 0.717) is 5.56 Å². The quantitative estimate of drug-likeness (QED) is 0.602. The summed E-state index contributed by atoms with van der Waals surface area (Å²) in [6.45, 7) is 3.62. The summed E-state index contributed by atoms with van der Waals surface area (Å²) in [6.07, 6.45) is 0. The van der Waals surface area contributed by atoms with Gasteiger partial charge in [-0.15, -0.1) is 0 Å². The van der Waals surface area contributed by atoms with Crippen LogP contribution in [0, 0.1) is 17.0 Å². The average Bonchev–Trinajstić information content (AvgIpc) is 2.27. The second-order valence-electron chi connectivity index (χ2n) is 3.84. The molecule has 0 aliphatic carbocycles. The van der Waals surface area contributed by atoms with E-state index in [0.717, 1.165) is 0 Å². The zero-order valence-corrected chi connectivity index (χ0v) is 9.77. The SMILES string of the molecule is Cc1cccc(C(=O)N[C@H](C)CN)c1[N+](=O)[O-]. The Balaban J connectivity index is 3.09. The molecule has 0 unspecified atom stereocenters. The normalized spacial score (nSPS) is 11.9. The summed E-state index contributed by atoms with van der Waals surface area (Å²) in [4.78, 5) is 22.2. The molecule has 0 saturated heterocycles. The highest BCUT2D eigenvalue weighted by atomic mass is 16.6. The number of nitrogens with two attached hydrogens (primary N) is 1. The van der Waals surface area contributed by atoms with Crippen LogP contribution in [0.2, 0.25) is 0 Å². The fourth-order valence-corrected chi connectivity index (χ4v) is 1.44. The second kappa shape index (κ2) is 5.40. The van der Waals surface area contributed by atoms with Gasteiger partial charge in [0.2, 0.25) is 0 Å². The Morgan fingerprint density at radius 2 is 2.24 bits per heavy atom. The summed E-state index contributed by atoms with van der Waals surface area (Å²) in [7, 11) is 0. The van der Waals surface area contributed by atoms with Crippen molar-refractivity contribution in [1.82, 2.24) is 5.32 Å². The van der Waals surface area contributed by atoms with Crippen molar-refractivity contribution in [2.45, 2.75) is 19.9 Å². The maximum absolute atomic E-state index is 11.8. The molecular formula is C11H15N3O3. The van der Waals surface area contributed by atoms with Gasteiger partial charge >= 0.3 is 0 Å². The van der Waals surface area contributed by atoms with Crippen LogP contribution < -0.4 is 11.1 Å². The van der Waals surface area contributed by atoms with E-state index in [1.54, 1.807) is 26.0 Å². The van der Waals surface area contributed by atoms with Crippen molar-refractivity contribution in [2.24, 2.45) is 5.73 Å². The minimum Gasteiger partial charge on any atom is -0.348 e. The molecule has 1 rings (SSSR count). The molecule has 1 aromatic carbocycles. The zero-order valence-electron chi connectivity index (χ0n) is 9.77. The molecule has 6 heteroatoms. The van der Waals surface area contributed by atoms with Crippen LogP contribution in [0.25, 0.3) is 0 Å². The standard InChI is InChI=1S/C11H15N3O3/c1-7-4-3-5-9(10(7)14(16)17)11(15)13-8(2)6-12/h3-5,8H,6,12H2,1-2H3,(H,13,15)/t8-/m1/s1. The maximum atomic E-state index is 11.8. The predicted molar refractivity (Wildman–Crippen MR) is 63.8 cm³/mol. The minimum atomic E-state index is -0.544. The van der Waals surface area contributed by atoms with Gasteiger partial charge in [0.1, 0.15) is 5.56 Å². The van der Waals surface area contributed by atoms with E-state index in [9.17, 15) is 14.9 Å². The molecular weight excluding hydrogens is 222 g/mol. The number of nitro benzene ring substituents is 1. The smallest absolute Gasteiger partial charge is 0.285 e. The molecule has 3 N–H and O–H groups in total. The molecule has 6 nitrogen and oxygen atoms in total. The summed E-state index contributed by atoms with van der Waals surface area (Å²) in [5, 5.41) is 13.5. The van der Waals surface area contributed by atoms with Crippen LogP contribution in [-0.2, 0) is 0 Å². The fourth-order valence-electron chi connectivity index (χ4n) is 1.44. The number of aryl methyl sites for hydroxylation is 1. The van der Waals surface area contributed by atoms with Crippen molar-refractivity contribution in [3.05, 3.63) is 39.4 Å². The molecule has 17 heavy (non-hydrogen) atoms. The molecule has 0 heterocycles. The van der Waals surface area contributed by atoms with Gasteiger partial charge in [0.05, 0.1) is 4.92 Å². The van der Waals surface area contributed by atoms with Gasteiger partial charge in [-0.2, -0.15) is 0 Å². The number of hydrogen-bond donors (Lipinski definition) is 2. The molecule has 0 aliphatic heterocycles. The lowest BCUT2D eigenvalue weighted by Gasteiger charge is -2.11. The molecule has 0 saturated carbocycles. The molecule has 1 atom stereocenters. The third-order valence-corrected chi connectivity index (χ3v) is 2.40. The van der Waals surface area contributed by atoms with Gasteiger partial charge in [-0.25, -0.2) is 0 Å².